The molecule has 19 heavy (non-hydrogen) atoms. The zero-order chi connectivity index (χ0) is 15.1. The lowest BCUT2D eigenvalue weighted by Crippen LogP contribution is -2.43. The summed E-state index contributed by atoms with van der Waals surface area (Å²) in [5.41, 5.74) is -2.50. The lowest BCUT2D eigenvalue weighted by Gasteiger charge is -2.21. The highest BCUT2D eigenvalue weighted by Crippen LogP contribution is 2.18. The largest absolute Gasteiger partial charge is 0.479 e. The maximum Gasteiger partial charge on any atom is 0.336 e. The third kappa shape index (κ3) is 6.76. The van der Waals surface area contributed by atoms with Crippen molar-refractivity contribution in [2.45, 2.75) is 39.2 Å². The first kappa shape index (κ1) is 17.4. The molecule has 1 unspecified atom stereocenters. The van der Waals surface area contributed by atoms with Crippen molar-refractivity contribution in [1.29, 1.82) is 0 Å². The third-order valence-corrected chi connectivity index (χ3v) is 2.15. The molecule has 1 atom stereocenters. The molecule has 0 saturated carbocycles. The van der Waals surface area contributed by atoms with Crippen LogP contribution in [-0.4, -0.2) is 46.9 Å². The third-order valence-electron chi connectivity index (χ3n) is 2.15. The molecule has 2 N–H and O–H groups in total. The Balaban J connectivity index is 4.58. The number of carboxylic acids is 1. The van der Waals surface area contributed by atoms with E-state index in [0.717, 1.165) is 0 Å². The second kappa shape index (κ2) is 7.73. The van der Waals surface area contributed by atoms with E-state index < -0.39 is 36.4 Å². The van der Waals surface area contributed by atoms with E-state index in [2.05, 4.69) is 4.74 Å². The minimum Gasteiger partial charge on any atom is -0.479 e. The van der Waals surface area contributed by atoms with Gasteiger partial charge in [0.25, 0.3) is 0 Å². The molecule has 110 valence electrons. The zero-order valence-electron chi connectivity index (χ0n) is 11.3. The summed E-state index contributed by atoms with van der Waals surface area (Å²) in [5.74, 6) is -3.33. The average Bonchev–Trinajstić information content (AvgIpc) is 2.26. The maximum absolute atomic E-state index is 11.4. The molecular formula is C12H20O7. The van der Waals surface area contributed by atoms with Crippen LogP contribution in [0.25, 0.3) is 0 Å². The van der Waals surface area contributed by atoms with Crippen molar-refractivity contribution in [3.63, 3.8) is 0 Å². The molecule has 0 aliphatic heterocycles. The second-order valence-electron chi connectivity index (χ2n) is 4.57. The highest BCUT2D eigenvalue weighted by atomic mass is 16.5. The van der Waals surface area contributed by atoms with Crippen LogP contribution >= 0.6 is 0 Å². The minimum atomic E-state index is -2.50. The van der Waals surface area contributed by atoms with Crippen molar-refractivity contribution in [3.8, 4) is 0 Å². The van der Waals surface area contributed by atoms with Crippen molar-refractivity contribution >= 4 is 17.9 Å². The maximum atomic E-state index is 11.4. The van der Waals surface area contributed by atoms with E-state index in [4.69, 9.17) is 9.84 Å². The van der Waals surface area contributed by atoms with Gasteiger partial charge < -0.3 is 19.7 Å². The van der Waals surface area contributed by atoms with Crippen LogP contribution in [0.3, 0.4) is 0 Å². The van der Waals surface area contributed by atoms with E-state index in [1.165, 1.54) is 0 Å². The molecule has 0 aromatic carbocycles. The van der Waals surface area contributed by atoms with Gasteiger partial charge in [0, 0.05) is 0 Å². The van der Waals surface area contributed by atoms with Gasteiger partial charge in [-0.15, -0.1) is 0 Å². The summed E-state index contributed by atoms with van der Waals surface area (Å²) in [6.07, 6.45) is -1.60. The molecule has 0 rings (SSSR count). The summed E-state index contributed by atoms with van der Waals surface area (Å²) in [7, 11) is 0. The van der Waals surface area contributed by atoms with Gasteiger partial charge in [-0.3, -0.25) is 9.59 Å². The quantitative estimate of drug-likeness (QED) is 0.615. The molecule has 0 spiro atoms. The fourth-order valence-corrected chi connectivity index (χ4v) is 1.21. The fourth-order valence-electron chi connectivity index (χ4n) is 1.21. The van der Waals surface area contributed by atoms with Gasteiger partial charge in [0.1, 0.15) is 0 Å². The molecule has 0 aliphatic carbocycles. The summed E-state index contributed by atoms with van der Waals surface area (Å²) in [4.78, 5) is 33.6. The number of aliphatic carboxylic acids is 1. The number of hydrogen-bond donors (Lipinski definition) is 2. The van der Waals surface area contributed by atoms with Gasteiger partial charge in [0.15, 0.2) is 5.60 Å². The van der Waals surface area contributed by atoms with Crippen LogP contribution in [0.5, 0.6) is 0 Å². The van der Waals surface area contributed by atoms with Crippen LogP contribution in [0.1, 0.15) is 33.6 Å². The predicted molar refractivity (Wildman–Crippen MR) is 64.2 cm³/mol. The van der Waals surface area contributed by atoms with Crippen molar-refractivity contribution in [3.05, 3.63) is 0 Å². The Morgan fingerprint density at radius 2 is 1.58 bits per heavy atom. The fraction of sp³-hybridized carbons (Fsp3) is 0.750. The van der Waals surface area contributed by atoms with Crippen molar-refractivity contribution in [2.24, 2.45) is 5.92 Å². The van der Waals surface area contributed by atoms with E-state index in [1.54, 1.807) is 6.92 Å². The van der Waals surface area contributed by atoms with Gasteiger partial charge in [-0.25, -0.2) is 4.79 Å². The van der Waals surface area contributed by atoms with Crippen LogP contribution < -0.4 is 0 Å². The number of carbonyl (C=O) groups is 3. The number of carbonyl (C=O) groups excluding carboxylic acids is 2. The Morgan fingerprint density at radius 1 is 1.11 bits per heavy atom. The number of rotatable bonds is 8. The molecule has 0 aromatic heterocycles. The average molecular weight is 276 g/mol. The Kier molecular flexibility index (Phi) is 7.06. The second-order valence-corrected chi connectivity index (χ2v) is 4.57. The highest BCUT2D eigenvalue weighted by Gasteiger charge is 2.41. The molecule has 0 radical (unpaired) electrons. The first-order valence-electron chi connectivity index (χ1n) is 5.98. The van der Waals surface area contributed by atoms with E-state index in [-0.39, 0.29) is 19.1 Å². The molecule has 0 bridgehead atoms. The van der Waals surface area contributed by atoms with E-state index in [1.807, 2.05) is 13.8 Å². The summed E-state index contributed by atoms with van der Waals surface area (Å²) in [5, 5.41) is 18.7. The van der Waals surface area contributed by atoms with Gasteiger partial charge >= 0.3 is 17.9 Å². The van der Waals surface area contributed by atoms with Crippen LogP contribution in [0.4, 0.5) is 0 Å². The molecular weight excluding hydrogens is 256 g/mol. The number of aliphatic hydroxyl groups is 1. The molecule has 7 nitrogen and oxygen atoms in total. The normalized spacial score (nSPS) is 13.7. The highest BCUT2D eigenvalue weighted by molar-refractivity contribution is 5.88. The molecule has 0 saturated heterocycles. The Hall–Kier alpha value is -1.63. The Bertz CT molecular complexity index is 337. The van der Waals surface area contributed by atoms with E-state index >= 15 is 0 Å². The van der Waals surface area contributed by atoms with E-state index in [0.29, 0.717) is 0 Å². The lowest BCUT2D eigenvalue weighted by molar-refractivity contribution is -0.173. The predicted octanol–water partition coefficient (Wildman–Crippen LogP) is 0.345. The van der Waals surface area contributed by atoms with Crippen molar-refractivity contribution in [1.82, 2.24) is 0 Å². The molecule has 0 aliphatic rings. The van der Waals surface area contributed by atoms with Crippen LogP contribution in [-0.2, 0) is 23.9 Å². The van der Waals surface area contributed by atoms with Crippen molar-refractivity contribution in [2.75, 3.05) is 13.2 Å². The standard InChI is InChI=1S/C12H20O7/c1-4-18-9(13)5-12(17,11(15)16)6-10(14)19-7-8(2)3/h8,17H,4-7H2,1-3H3,(H,15,16). The monoisotopic (exact) mass is 276 g/mol. The van der Waals surface area contributed by atoms with Gasteiger partial charge in [0.05, 0.1) is 26.1 Å². The Labute approximate surface area is 111 Å². The minimum absolute atomic E-state index is 0.0618. The van der Waals surface area contributed by atoms with Gasteiger partial charge in [-0.2, -0.15) is 0 Å². The topological polar surface area (TPSA) is 110 Å². The molecule has 0 fully saturated rings. The first-order chi connectivity index (χ1) is 8.71. The summed E-state index contributed by atoms with van der Waals surface area (Å²) in [6, 6.07) is 0. The van der Waals surface area contributed by atoms with Crippen molar-refractivity contribution < 1.29 is 34.1 Å². The SMILES string of the molecule is CCOC(=O)CC(O)(CC(=O)OCC(C)C)C(=O)O. The number of ether oxygens (including phenoxy) is 2. The number of esters is 2. The van der Waals surface area contributed by atoms with Crippen LogP contribution in [0.15, 0.2) is 0 Å². The molecule has 0 amide bonds. The number of hydrogen-bond acceptors (Lipinski definition) is 6. The lowest BCUT2D eigenvalue weighted by atomic mass is 9.96. The smallest absolute Gasteiger partial charge is 0.336 e. The summed E-state index contributed by atoms with van der Waals surface area (Å²) in [6.45, 7) is 5.36. The Morgan fingerprint density at radius 3 is 1.95 bits per heavy atom. The summed E-state index contributed by atoms with van der Waals surface area (Å²) < 4.78 is 9.33. The van der Waals surface area contributed by atoms with Gasteiger partial charge in [-0.1, -0.05) is 13.8 Å². The number of carboxylic acid groups (broad SMARTS) is 1. The van der Waals surface area contributed by atoms with Gasteiger partial charge in [0.2, 0.25) is 0 Å². The first-order valence-corrected chi connectivity index (χ1v) is 5.98. The molecule has 0 heterocycles. The van der Waals surface area contributed by atoms with E-state index in [9.17, 15) is 19.5 Å². The molecule has 7 heteroatoms. The molecule has 0 aromatic rings. The summed E-state index contributed by atoms with van der Waals surface area (Å²) >= 11 is 0. The van der Waals surface area contributed by atoms with Crippen LogP contribution in [0, 0.1) is 5.92 Å². The van der Waals surface area contributed by atoms with Gasteiger partial charge in [-0.05, 0) is 12.8 Å². The van der Waals surface area contributed by atoms with Crippen LogP contribution in [0.2, 0.25) is 0 Å². The zero-order valence-corrected chi connectivity index (χ0v) is 11.3.